The molecule has 6 heteroatoms. The van der Waals surface area contributed by atoms with E-state index < -0.39 is 6.17 Å². The second-order valence-corrected chi connectivity index (χ2v) is 2.33. The molecule has 1 rings (SSSR count). The van der Waals surface area contributed by atoms with Crippen LogP contribution in [0.15, 0.2) is 40.3 Å². The summed E-state index contributed by atoms with van der Waals surface area (Å²) in [5.41, 5.74) is 0.661. The molecule has 0 aliphatic heterocycles. The highest BCUT2D eigenvalue weighted by Gasteiger charge is 2.05. The van der Waals surface area contributed by atoms with Gasteiger partial charge in [0.1, 0.15) is 0 Å². The molecule has 0 saturated carbocycles. The summed E-state index contributed by atoms with van der Waals surface area (Å²) in [5, 5.41) is 5.40. The van der Waals surface area contributed by atoms with Crippen molar-refractivity contribution in [2.75, 3.05) is 0 Å². The van der Waals surface area contributed by atoms with Crippen LogP contribution in [0, 0.1) is 5.41 Å². The quantitative estimate of drug-likeness (QED) is 0.609. The Balaban J connectivity index is 0.000000673. The van der Waals surface area contributed by atoms with Gasteiger partial charge in [-0.3, -0.25) is 0 Å². The molecule has 0 bridgehead atoms. The minimum Gasteiger partial charge on any atom is -0.222 e. The highest BCUT2D eigenvalue weighted by Crippen LogP contribution is 2.16. The van der Waals surface area contributed by atoms with Gasteiger partial charge in [0.2, 0.25) is 18.2 Å². The van der Waals surface area contributed by atoms with E-state index in [1.54, 1.807) is 24.3 Å². The van der Waals surface area contributed by atoms with E-state index >= 15 is 0 Å². The molecule has 0 saturated heterocycles. The number of aliphatic imine (C=N–C) groups is 2. The maximum atomic E-state index is 9.98. The van der Waals surface area contributed by atoms with Gasteiger partial charge >= 0.3 is 0 Å². The number of carbonyl (C=O) groups excluding carboxylic acids is 3. The second kappa shape index (κ2) is 8.94. The van der Waals surface area contributed by atoms with Crippen LogP contribution in [0.1, 0.15) is 11.7 Å². The van der Waals surface area contributed by atoms with Gasteiger partial charge in [0.15, 0.2) is 6.17 Å². The molecule has 0 aromatic heterocycles. The molecule has 0 radical (unpaired) electrons. The Hall–Kier alpha value is -2.64. The average Bonchev–Trinajstić information content (AvgIpc) is 2.31. The molecular formula is C10H7N3O3. The van der Waals surface area contributed by atoms with Crippen LogP contribution in [0.2, 0.25) is 0 Å². The molecule has 0 heterocycles. The van der Waals surface area contributed by atoms with E-state index in [4.69, 9.17) is 10.2 Å². The molecule has 0 aliphatic rings. The second-order valence-electron chi connectivity index (χ2n) is 2.33. The molecule has 0 amide bonds. The number of nitrogens with one attached hydrogen (secondary N) is 1. The lowest BCUT2D eigenvalue weighted by Gasteiger charge is -2.01. The zero-order valence-electron chi connectivity index (χ0n) is 8.08. The lowest BCUT2D eigenvalue weighted by Crippen LogP contribution is -1.89. The average molecular weight is 217 g/mol. The van der Waals surface area contributed by atoms with Crippen molar-refractivity contribution >= 4 is 18.2 Å². The number of hydrogen-bond donors (Lipinski definition) is 1. The Labute approximate surface area is 90.9 Å². The fraction of sp³-hybridized carbons (Fsp3) is 0.100. The van der Waals surface area contributed by atoms with Gasteiger partial charge in [-0.25, -0.2) is 19.8 Å². The SMILES string of the molecule is N=C=O.O=C=NC(N=C=O)c1ccccc1. The summed E-state index contributed by atoms with van der Waals surface area (Å²) in [5.74, 6) is 0. The first-order valence-corrected chi connectivity index (χ1v) is 4.03. The Morgan fingerprint density at radius 3 is 1.81 bits per heavy atom. The summed E-state index contributed by atoms with van der Waals surface area (Å²) in [6.45, 7) is 0. The molecule has 0 aliphatic carbocycles. The highest BCUT2D eigenvalue weighted by atomic mass is 16.1. The molecule has 0 atom stereocenters. The van der Waals surface area contributed by atoms with Crippen molar-refractivity contribution < 1.29 is 14.4 Å². The lowest BCUT2D eigenvalue weighted by molar-refractivity contribution is 0.551. The smallest absolute Gasteiger partial charge is 0.222 e. The van der Waals surface area contributed by atoms with E-state index in [1.165, 1.54) is 12.2 Å². The number of hydrogen-bond acceptors (Lipinski definition) is 6. The predicted octanol–water partition coefficient (Wildman–Crippen LogP) is 1.26. The van der Waals surface area contributed by atoms with Crippen molar-refractivity contribution in [2.24, 2.45) is 9.98 Å². The van der Waals surface area contributed by atoms with Crippen LogP contribution in [0.5, 0.6) is 0 Å². The number of nitrogens with zero attached hydrogens (tertiary/aromatic N) is 2. The molecule has 0 unspecified atom stereocenters. The zero-order chi connectivity index (χ0) is 12.2. The van der Waals surface area contributed by atoms with Crippen LogP contribution in [0.25, 0.3) is 0 Å². The van der Waals surface area contributed by atoms with Gasteiger partial charge in [-0.15, -0.1) is 0 Å². The van der Waals surface area contributed by atoms with E-state index in [0.29, 0.717) is 5.56 Å². The molecule has 1 N–H and O–H groups in total. The van der Waals surface area contributed by atoms with Crippen LogP contribution in [-0.4, -0.2) is 18.2 Å². The molecule has 0 fully saturated rings. The summed E-state index contributed by atoms with van der Waals surface area (Å²) in [6.07, 6.45) is 2.65. The molecule has 1 aromatic rings. The largest absolute Gasteiger partial charge is 0.237 e. The maximum Gasteiger partial charge on any atom is 0.237 e. The number of rotatable bonds is 3. The summed E-state index contributed by atoms with van der Waals surface area (Å²) in [4.78, 5) is 35.0. The molecule has 80 valence electrons. The third kappa shape index (κ3) is 5.17. The third-order valence-electron chi connectivity index (χ3n) is 1.45. The van der Waals surface area contributed by atoms with Crippen molar-refractivity contribution in [3.8, 4) is 0 Å². The van der Waals surface area contributed by atoms with Crippen LogP contribution in [0.3, 0.4) is 0 Å². The van der Waals surface area contributed by atoms with E-state index in [-0.39, 0.29) is 0 Å². The van der Waals surface area contributed by atoms with Crippen molar-refractivity contribution in [3.63, 3.8) is 0 Å². The van der Waals surface area contributed by atoms with E-state index in [0.717, 1.165) is 6.08 Å². The fourth-order valence-electron chi connectivity index (χ4n) is 0.903. The van der Waals surface area contributed by atoms with Gasteiger partial charge in [-0.1, -0.05) is 30.3 Å². The Morgan fingerprint density at radius 1 is 1.00 bits per heavy atom. The molecule has 16 heavy (non-hydrogen) atoms. The summed E-state index contributed by atoms with van der Waals surface area (Å²) in [6, 6.07) is 8.78. The molecule has 6 nitrogen and oxygen atoms in total. The molecule has 0 spiro atoms. The zero-order valence-corrected chi connectivity index (χ0v) is 8.08. The van der Waals surface area contributed by atoms with E-state index in [9.17, 15) is 9.59 Å². The topological polar surface area (TPSA) is 99.8 Å². The van der Waals surface area contributed by atoms with Crippen molar-refractivity contribution in [3.05, 3.63) is 35.9 Å². The molecule has 1 aromatic carbocycles. The standard InChI is InChI=1S/C9H6N2O2.CHNO/c12-6-10-9(11-7-13)8-4-2-1-3-5-8;2-1-3/h1-5,9H;2H. The van der Waals surface area contributed by atoms with Crippen molar-refractivity contribution in [1.82, 2.24) is 0 Å². The normalized spacial score (nSPS) is 9.25. The van der Waals surface area contributed by atoms with Crippen LogP contribution in [0.4, 0.5) is 0 Å². The van der Waals surface area contributed by atoms with E-state index in [1.807, 2.05) is 6.07 Å². The van der Waals surface area contributed by atoms with Crippen LogP contribution < -0.4 is 0 Å². The van der Waals surface area contributed by atoms with Crippen molar-refractivity contribution in [1.29, 1.82) is 5.41 Å². The molecular weight excluding hydrogens is 210 g/mol. The highest BCUT2D eigenvalue weighted by molar-refractivity contribution is 5.39. The summed E-state index contributed by atoms with van der Waals surface area (Å²) in [7, 11) is 0. The first-order valence-electron chi connectivity index (χ1n) is 4.03. The Kier molecular flexibility index (Phi) is 7.46. The summed E-state index contributed by atoms with van der Waals surface area (Å²) < 4.78 is 0. The van der Waals surface area contributed by atoms with Gasteiger partial charge in [-0.05, 0) is 5.56 Å². The van der Waals surface area contributed by atoms with E-state index in [2.05, 4.69) is 9.98 Å². The van der Waals surface area contributed by atoms with Crippen molar-refractivity contribution in [2.45, 2.75) is 6.17 Å². The Bertz CT molecular complexity index is 422. The number of isocyanates is 3. The first-order chi connectivity index (χ1) is 7.79. The number of benzene rings is 1. The van der Waals surface area contributed by atoms with Gasteiger partial charge in [0, 0.05) is 0 Å². The summed E-state index contributed by atoms with van der Waals surface area (Å²) >= 11 is 0. The predicted molar refractivity (Wildman–Crippen MR) is 53.8 cm³/mol. The van der Waals surface area contributed by atoms with Crippen LogP contribution >= 0.6 is 0 Å². The minimum absolute atomic E-state index is 0.661. The monoisotopic (exact) mass is 217 g/mol. The van der Waals surface area contributed by atoms with Gasteiger partial charge < -0.3 is 0 Å². The minimum atomic E-state index is -0.809. The van der Waals surface area contributed by atoms with Gasteiger partial charge in [0.25, 0.3) is 0 Å². The van der Waals surface area contributed by atoms with Gasteiger partial charge in [-0.2, -0.15) is 9.98 Å². The van der Waals surface area contributed by atoms with Crippen LogP contribution in [-0.2, 0) is 14.4 Å². The Morgan fingerprint density at radius 2 is 1.44 bits per heavy atom. The lowest BCUT2D eigenvalue weighted by atomic mass is 10.2. The van der Waals surface area contributed by atoms with Gasteiger partial charge in [0.05, 0.1) is 0 Å². The third-order valence-corrected chi connectivity index (χ3v) is 1.45. The first kappa shape index (κ1) is 13.4. The maximum absolute atomic E-state index is 9.98. The fourth-order valence-corrected chi connectivity index (χ4v) is 0.903.